The summed E-state index contributed by atoms with van der Waals surface area (Å²) in [5.74, 6) is -1.78. The largest absolute Gasteiger partial charge is 0.465 e. The van der Waals surface area contributed by atoms with E-state index in [2.05, 4.69) is 15.6 Å². The van der Waals surface area contributed by atoms with E-state index in [-0.39, 0.29) is 21.1 Å². The van der Waals surface area contributed by atoms with Crippen molar-refractivity contribution in [1.82, 2.24) is 9.38 Å². The predicted molar refractivity (Wildman–Crippen MR) is 143 cm³/mol. The van der Waals surface area contributed by atoms with E-state index in [1.54, 1.807) is 24.3 Å². The number of anilines is 2. The van der Waals surface area contributed by atoms with Crippen LogP contribution in [0, 0.1) is 13.8 Å². The summed E-state index contributed by atoms with van der Waals surface area (Å²) in [5, 5.41) is 5.56. The van der Waals surface area contributed by atoms with Crippen LogP contribution in [0.15, 0.2) is 53.3 Å². The zero-order valence-electron chi connectivity index (χ0n) is 20.9. The number of amides is 2. The molecule has 0 aliphatic carbocycles. The van der Waals surface area contributed by atoms with E-state index in [9.17, 15) is 19.2 Å². The van der Waals surface area contributed by atoms with Crippen LogP contribution in [0.5, 0.6) is 0 Å². The molecule has 0 atom stereocenters. The maximum Gasteiger partial charge on any atom is 0.337 e. The predicted octanol–water partition coefficient (Wildman–Crippen LogP) is 4.62. The molecule has 0 spiro atoms. The fourth-order valence-corrected chi connectivity index (χ4v) is 4.90. The van der Waals surface area contributed by atoms with Crippen LogP contribution in [0.1, 0.15) is 60.7 Å². The fourth-order valence-electron chi connectivity index (χ4n) is 3.86. The number of aromatic nitrogens is 2. The van der Waals surface area contributed by atoms with Gasteiger partial charge in [0.25, 0.3) is 17.4 Å². The molecule has 0 radical (unpaired) electrons. The molecule has 10 heteroatoms. The Balaban J connectivity index is 1.80. The van der Waals surface area contributed by atoms with Gasteiger partial charge in [-0.05, 0) is 55.7 Å². The van der Waals surface area contributed by atoms with Crippen LogP contribution in [0.2, 0.25) is 0 Å². The van der Waals surface area contributed by atoms with Crippen LogP contribution in [0.3, 0.4) is 0 Å². The highest BCUT2D eigenvalue weighted by Gasteiger charge is 2.27. The molecule has 2 heterocycles. The SMILES string of the molecule is CCCc1cc(=O)n2c(C(=O)Nc3cccc(C(=O)OC)c3)c(C(=O)Nc3cccc(C)c3C)sc2n1. The van der Waals surface area contributed by atoms with Crippen molar-refractivity contribution < 1.29 is 19.1 Å². The van der Waals surface area contributed by atoms with Gasteiger partial charge in [-0.15, -0.1) is 0 Å². The molecular weight excluding hydrogens is 492 g/mol. The standard InChI is InChI=1S/C27H26N4O5S/c1-5-8-18-14-21(32)31-22(24(33)28-19-11-7-10-17(13-19)26(35)36-4)23(37-27(31)29-18)25(34)30-20-12-6-9-15(2)16(20)3/h6-7,9-14H,5,8H2,1-4H3,(H,28,33)(H,30,34). The van der Waals surface area contributed by atoms with Crippen LogP contribution < -0.4 is 16.2 Å². The molecule has 0 unspecified atom stereocenters. The van der Waals surface area contributed by atoms with Crippen LogP contribution >= 0.6 is 11.3 Å². The molecule has 190 valence electrons. The molecule has 4 aromatic rings. The normalized spacial score (nSPS) is 10.8. The molecule has 2 aromatic heterocycles. The summed E-state index contributed by atoms with van der Waals surface area (Å²) in [6, 6.07) is 13.1. The summed E-state index contributed by atoms with van der Waals surface area (Å²) in [4.78, 5) is 56.8. The summed E-state index contributed by atoms with van der Waals surface area (Å²) < 4.78 is 5.90. The third kappa shape index (κ3) is 5.29. The van der Waals surface area contributed by atoms with E-state index >= 15 is 0 Å². The minimum atomic E-state index is -0.688. The summed E-state index contributed by atoms with van der Waals surface area (Å²) in [5.41, 5.74) is 3.04. The highest BCUT2D eigenvalue weighted by Crippen LogP contribution is 2.26. The second-order valence-corrected chi connectivity index (χ2v) is 9.44. The molecule has 2 amide bonds. The maximum absolute atomic E-state index is 13.5. The Morgan fingerprint density at radius 1 is 1.03 bits per heavy atom. The Morgan fingerprint density at radius 2 is 1.78 bits per heavy atom. The van der Waals surface area contributed by atoms with Gasteiger partial charge in [-0.3, -0.25) is 14.4 Å². The smallest absolute Gasteiger partial charge is 0.337 e. The molecule has 0 saturated carbocycles. The number of thiazole rings is 1. The molecule has 9 nitrogen and oxygen atoms in total. The first-order valence-electron chi connectivity index (χ1n) is 11.7. The van der Waals surface area contributed by atoms with Crippen molar-refractivity contribution in [2.45, 2.75) is 33.6 Å². The van der Waals surface area contributed by atoms with E-state index in [4.69, 9.17) is 4.74 Å². The Bertz CT molecular complexity index is 1590. The Morgan fingerprint density at radius 3 is 2.51 bits per heavy atom. The minimum Gasteiger partial charge on any atom is -0.465 e. The van der Waals surface area contributed by atoms with Gasteiger partial charge in [0.05, 0.1) is 12.7 Å². The lowest BCUT2D eigenvalue weighted by Gasteiger charge is -2.11. The molecule has 0 aliphatic rings. The number of nitrogens with zero attached hydrogens (tertiary/aromatic N) is 2. The lowest BCUT2D eigenvalue weighted by Crippen LogP contribution is -2.25. The zero-order valence-corrected chi connectivity index (χ0v) is 21.7. The molecule has 2 N–H and O–H groups in total. The monoisotopic (exact) mass is 518 g/mol. The number of ether oxygens (including phenoxy) is 1. The van der Waals surface area contributed by atoms with Crippen molar-refractivity contribution in [3.63, 3.8) is 0 Å². The molecular formula is C27H26N4O5S. The first kappa shape index (κ1) is 25.8. The number of fused-ring (bicyclic) bond motifs is 1. The molecule has 4 rings (SSSR count). The van der Waals surface area contributed by atoms with Crippen molar-refractivity contribution in [3.05, 3.63) is 91.8 Å². The van der Waals surface area contributed by atoms with Gasteiger partial charge in [0.15, 0.2) is 4.96 Å². The van der Waals surface area contributed by atoms with Crippen molar-refractivity contribution in [2.24, 2.45) is 0 Å². The molecule has 37 heavy (non-hydrogen) atoms. The Kier molecular flexibility index (Phi) is 7.49. The molecule has 0 aliphatic heterocycles. The van der Waals surface area contributed by atoms with Crippen LogP contribution in [-0.2, 0) is 11.2 Å². The topological polar surface area (TPSA) is 119 Å². The number of hydrogen-bond acceptors (Lipinski definition) is 7. The van der Waals surface area contributed by atoms with Gasteiger partial charge in [0.1, 0.15) is 10.6 Å². The molecule has 0 fully saturated rings. The minimum absolute atomic E-state index is 0.0424. The van der Waals surface area contributed by atoms with Crippen molar-refractivity contribution in [2.75, 3.05) is 17.7 Å². The van der Waals surface area contributed by atoms with Gasteiger partial charge in [0, 0.05) is 23.1 Å². The number of rotatable bonds is 7. The zero-order chi connectivity index (χ0) is 26.7. The highest BCUT2D eigenvalue weighted by atomic mass is 32.1. The highest BCUT2D eigenvalue weighted by molar-refractivity contribution is 7.19. The van der Waals surface area contributed by atoms with Crippen molar-refractivity contribution in [3.8, 4) is 0 Å². The van der Waals surface area contributed by atoms with Crippen LogP contribution in [-0.4, -0.2) is 34.3 Å². The Hall–Kier alpha value is -4.31. The summed E-state index contributed by atoms with van der Waals surface area (Å²) in [7, 11) is 1.26. The number of carbonyl (C=O) groups excluding carboxylic acids is 3. The fraction of sp³-hybridized carbons (Fsp3) is 0.222. The van der Waals surface area contributed by atoms with E-state index in [1.165, 1.54) is 19.2 Å². The van der Waals surface area contributed by atoms with Gasteiger partial charge in [-0.2, -0.15) is 0 Å². The summed E-state index contributed by atoms with van der Waals surface area (Å²) in [6.45, 7) is 5.80. The van der Waals surface area contributed by atoms with Crippen LogP contribution in [0.4, 0.5) is 11.4 Å². The number of methoxy groups -OCH3 is 1. The van der Waals surface area contributed by atoms with E-state index in [0.29, 0.717) is 23.5 Å². The third-order valence-corrected chi connectivity index (χ3v) is 6.93. The number of aryl methyl sites for hydroxylation is 2. The van der Waals surface area contributed by atoms with Gasteiger partial charge in [-0.1, -0.05) is 42.9 Å². The van der Waals surface area contributed by atoms with E-state index < -0.39 is 23.3 Å². The number of hydrogen-bond donors (Lipinski definition) is 2. The average molecular weight is 519 g/mol. The third-order valence-electron chi connectivity index (χ3n) is 5.89. The van der Waals surface area contributed by atoms with Gasteiger partial charge in [-0.25, -0.2) is 14.2 Å². The van der Waals surface area contributed by atoms with E-state index in [0.717, 1.165) is 33.3 Å². The van der Waals surface area contributed by atoms with Gasteiger partial charge in [0.2, 0.25) is 0 Å². The number of carbonyl (C=O) groups is 3. The average Bonchev–Trinajstić information content (AvgIpc) is 3.27. The lowest BCUT2D eigenvalue weighted by atomic mass is 10.1. The second-order valence-electron chi connectivity index (χ2n) is 8.46. The number of nitrogens with one attached hydrogen (secondary N) is 2. The second kappa shape index (κ2) is 10.8. The van der Waals surface area contributed by atoms with Gasteiger partial charge >= 0.3 is 5.97 Å². The number of benzene rings is 2. The maximum atomic E-state index is 13.5. The first-order chi connectivity index (χ1) is 17.7. The molecule has 0 bridgehead atoms. The first-order valence-corrected chi connectivity index (χ1v) is 12.5. The molecule has 0 saturated heterocycles. The van der Waals surface area contributed by atoms with Gasteiger partial charge < -0.3 is 15.4 Å². The van der Waals surface area contributed by atoms with Crippen molar-refractivity contribution >= 4 is 45.5 Å². The van der Waals surface area contributed by atoms with Crippen molar-refractivity contribution in [1.29, 1.82) is 0 Å². The Labute approximate surface area is 217 Å². The van der Waals surface area contributed by atoms with E-state index in [1.807, 2.05) is 32.9 Å². The lowest BCUT2D eigenvalue weighted by molar-refractivity contribution is 0.0600. The quantitative estimate of drug-likeness (QED) is 0.345. The van der Waals surface area contributed by atoms with Crippen LogP contribution in [0.25, 0.3) is 4.96 Å². The summed E-state index contributed by atoms with van der Waals surface area (Å²) in [6.07, 6.45) is 1.38. The number of esters is 1. The molecule has 2 aromatic carbocycles. The summed E-state index contributed by atoms with van der Waals surface area (Å²) >= 11 is 0.971.